The maximum atomic E-state index is 11.9. The zero-order chi connectivity index (χ0) is 11.5. The highest BCUT2D eigenvalue weighted by atomic mass is 32.1. The lowest BCUT2D eigenvalue weighted by Gasteiger charge is -1.98. The van der Waals surface area contributed by atoms with Crippen LogP contribution in [0.4, 0.5) is 0 Å². The molecule has 0 atom stereocenters. The zero-order valence-electron chi connectivity index (χ0n) is 9.43. The SMILES string of the molecule is CCc1cc(CC(=O)c2cccs2)n(C)n1. The van der Waals surface area contributed by atoms with Gasteiger partial charge in [0, 0.05) is 12.7 Å². The van der Waals surface area contributed by atoms with Crippen LogP contribution < -0.4 is 0 Å². The fraction of sp³-hybridized carbons (Fsp3) is 0.333. The minimum Gasteiger partial charge on any atom is -0.293 e. The molecule has 2 aromatic heterocycles. The van der Waals surface area contributed by atoms with E-state index in [0.717, 1.165) is 22.7 Å². The van der Waals surface area contributed by atoms with Gasteiger partial charge in [0.05, 0.1) is 17.0 Å². The Morgan fingerprint density at radius 1 is 1.56 bits per heavy atom. The minimum absolute atomic E-state index is 0.167. The Morgan fingerprint density at radius 3 is 2.94 bits per heavy atom. The Labute approximate surface area is 98.7 Å². The average Bonchev–Trinajstić information content (AvgIpc) is 2.88. The molecule has 2 rings (SSSR count). The maximum Gasteiger partial charge on any atom is 0.178 e. The molecular weight excluding hydrogens is 220 g/mol. The highest BCUT2D eigenvalue weighted by Crippen LogP contribution is 2.13. The van der Waals surface area contributed by atoms with Gasteiger partial charge < -0.3 is 0 Å². The van der Waals surface area contributed by atoms with Gasteiger partial charge in [0.25, 0.3) is 0 Å². The number of thiophene rings is 1. The van der Waals surface area contributed by atoms with Gasteiger partial charge in [-0.3, -0.25) is 9.48 Å². The molecule has 2 aromatic rings. The van der Waals surface area contributed by atoms with E-state index in [-0.39, 0.29) is 5.78 Å². The van der Waals surface area contributed by atoms with Gasteiger partial charge in [-0.05, 0) is 23.9 Å². The first-order valence-electron chi connectivity index (χ1n) is 5.29. The summed E-state index contributed by atoms with van der Waals surface area (Å²) in [5.41, 5.74) is 2.02. The van der Waals surface area contributed by atoms with E-state index in [1.165, 1.54) is 11.3 Å². The topological polar surface area (TPSA) is 34.9 Å². The molecular formula is C12H14N2OS. The molecule has 0 bridgehead atoms. The number of aromatic nitrogens is 2. The Kier molecular flexibility index (Phi) is 3.19. The van der Waals surface area contributed by atoms with Crippen molar-refractivity contribution in [2.45, 2.75) is 19.8 Å². The molecule has 4 heteroatoms. The van der Waals surface area contributed by atoms with Gasteiger partial charge in [0.1, 0.15) is 0 Å². The third-order valence-electron chi connectivity index (χ3n) is 2.53. The Balaban J connectivity index is 2.15. The lowest BCUT2D eigenvalue weighted by Crippen LogP contribution is -2.06. The summed E-state index contributed by atoms with van der Waals surface area (Å²) in [7, 11) is 1.89. The van der Waals surface area contributed by atoms with E-state index in [9.17, 15) is 4.79 Å². The normalized spacial score (nSPS) is 10.6. The fourth-order valence-corrected chi connectivity index (χ4v) is 2.26. The summed E-state index contributed by atoms with van der Waals surface area (Å²) in [4.78, 5) is 12.7. The molecule has 0 spiro atoms. The summed E-state index contributed by atoms with van der Waals surface area (Å²) in [5.74, 6) is 0.167. The predicted molar refractivity (Wildman–Crippen MR) is 64.9 cm³/mol. The molecule has 16 heavy (non-hydrogen) atoms. The monoisotopic (exact) mass is 234 g/mol. The second kappa shape index (κ2) is 4.61. The quantitative estimate of drug-likeness (QED) is 0.762. The molecule has 0 aliphatic rings. The van der Waals surface area contributed by atoms with Crippen molar-refractivity contribution in [2.75, 3.05) is 0 Å². The van der Waals surface area contributed by atoms with Crippen molar-refractivity contribution >= 4 is 17.1 Å². The van der Waals surface area contributed by atoms with Crippen LogP contribution in [0.2, 0.25) is 0 Å². The van der Waals surface area contributed by atoms with E-state index in [2.05, 4.69) is 12.0 Å². The number of hydrogen-bond donors (Lipinski definition) is 0. The molecule has 2 heterocycles. The number of nitrogens with zero attached hydrogens (tertiary/aromatic N) is 2. The number of ketones is 1. The molecule has 0 N–H and O–H groups in total. The average molecular weight is 234 g/mol. The molecule has 0 unspecified atom stereocenters. The molecule has 3 nitrogen and oxygen atoms in total. The third-order valence-corrected chi connectivity index (χ3v) is 3.44. The second-order valence-corrected chi connectivity index (χ2v) is 4.63. The molecule has 0 radical (unpaired) electrons. The Bertz CT molecular complexity index is 485. The van der Waals surface area contributed by atoms with Crippen molar-refractivity contribution < 1.29 is 4.79 Å². The van der Waals surface area contributed by atoms with Crippen LogP contribution in [0.1, 0.15) is 28.0 Å². The molecule has 0 saturated heterocycles. The van der Waals surface area contributed by atoms with Gasteiger partial charge in [-0.25, -0.2) is 0 Å². The zero-order valence-corrected chi connectivity index (χ0v) is 10.3. The van der Waals surface area contributed by atoms with Crippen LogP contribution in [0.15, 0.2) is 23.6 Å². The van der Waals surface area contributed by atoms with Crippen LogP contribution in [-0.4, -0.2) is 15.6 Å². The van der Waals surface area contributed by atoms with Crippen LogP contribution in [0.5, 0.6) is 0 Å². The van der Waals surface area contributed by atoms with Gasteiger partial charge in [0.2, 0.25) is 0 Å². The second-order valence-electron chi connectivity index (χ2n) is 3.68. The van der Waals surface area contributed by atoms with Crippen molar-refractivity contribution in [3.8, 4) is 0 Å². The van der Waals surface area contributed by atoms with Crippen LogP contribution in [0.3, 0.4) is 0 Å². The molecule has 84 valence electrons. The number of carbonyl (C=O) groups is 1. The Morgan fingerprint density at radius 2 is 2.38 bits per heavy atom. The van der Waals surface area contributed by atoms with E-state index < -0.39 is 0 Å². The van der Waals surface area contributed by atoms with E-state index in [0.29, 0.717) is 6.42 Å². The van der Waals surface area contributed by atoms with Crippen molar-refractivity contribution in [1.82, 2.24) is 9.78 Å². The van der Waals surface area contributed by atoms with Gasteiger partial charge in [-0.2, -0.15) is 5.10 Å². The van der Waals surface area contributed by atoms with Crippen molar-refractivity contribution in [2.24, 2.45) is 7.05 Å². The van der Waals surface area contributed by atoms with Crippen LogP contribution >= 0.6 is 11.3 Å². The first-order chi connectivity index (χ1) is 7.70. The van der Waals surface area contributed by atoms with E-state index in [1.54, 1.807) is 4.68 Å². The largest absolute Gasteiger partial charge is 0.293 e. The van der Waals surface area contributed by atoms with Gasteiger partial charge in [0.15, 0.2) is 5.78 Å². The highest BCUT2D eigenvalue weighted by Gasteiger charge is 2.11. The molecule has 0 aromatic carbocycles. The summed E-state index contributed by atoms with van der Waals surface area (Å²) in [6.45, 7) is 2.06. The molecule has 0 aliphatic carbocycles. The van der Waals surface area contributed by atoms with Crippen LogP contribution in [-0.2, 0) is 19.9 Å². The number of hydrogen-bond acceptors (Lipinski definition) is 3. The van der Waals surface area contributed by atoms with Crippen LogP contribution in [0.25, 0.3) is 0 Å². The van der Waals surface area contributed by atoms with E-state index in [4.69, 9.17) is 0 Å². The first-order valence-corrected chi connectivity index (χ1v) is 6.17. The number of Topliss-reactive ketones (excluding diaryl/α,β-unsaturated/α-hetero) is 1. The molecule has 0 fully saturated rings. The third kappa shape index (κ3) is 2.22. The van der Waals surface area contributed by atoms with Crippen molar-refractivity contribution in [3.63, 3.8) is 0 Å². The summed E-state index contributed by atoms with van der Waals surface area (Å²) >= 11 is 1.49. The molecule has 0 amide bonds. The lowest BCUT2D eigenvalue weighted by atomic mass is 10.2. The first kappa shape index (κ1) is 11.1. The summed E-state index contributed by atoms with van der Waals surface area (Å²) in [6.07, 6.45) is 1.34. The van der Waals surface area contributed by atoms with Gasteiger partial charge >= 0.3 is 0 Å². The van der Waals surface area contributed by atoms with Gasteiger partial charge in [-0.15, -0.1) is 11.3 Å². The maximum absolute atomic E-state index is 11.9. The minimum atomic E-state index is 0.167. The predicted octanol–water partition coefficient (Wildman–Crippen LogP) is 2.47. The summed E-state index contributed by atoms with van der Waals surface area (Å²) < 4.78 is 1.80. The molecule has 0 aliphatic heterocycles. The Hall–Kier alpha value is -1.42. The summed E-state index contributed by atoms with van der Waals surface area (Å²) in [5, 5.41) is 6.26. The van der Waals surface area contributed by atoms with Gasteiger partial charge in [-0.1, -0.05) is 13.0 Å². The summed E-state index contributed by atoms with van der Waals surface area (Å²) in [6, 6.07) is 5.77. The highest BCUT2D eigenvalue weighted by molar-refractivity contribution is 7.12. The fourth-order valence-electron chi connectivity index (χ4n) is 1.60. The smallest absolute Gasteiger partial charge is 0.178 e. The van der Waals surface area contributed by atoms with Crippen LogP contribution in [0, 0.1) is 0 Å². The lowest BCUT2D eigenvalue weighted by molar-refractivity contribution is 0.0994. The molecule has 0 saturated carbocycles. The number of carbonyl (C=O) groups excluding carboxylic acids is 1. The van der Waals surface area contributed by atoms with Crippen molar-refractivity contribution in [3.05, 3.63) is 39.8 Å². The van der Waals surface area contributed by atoms with E-state index >= 15 is 0 Å². The van der Waals surface area contributed by atoms with Crippen molar-refractivity contribution in [1.29, 1.82) is 0 Å². The number of aryl methyl sites for hydroxylation is 2. The standard InChI is InChI=1S/C12H14N2OS/c1-3-9-7-10(14(2)13-9)8-11(15)12-5-4-6-16-12/h4-7H,3,8H2,1-2H3. The van der Waals surface area contributed by atoms with E-state index in [1.807, 2.05) is 30.6 Å². The number of rotatable bonds is 4.